The van der Waals surface area contributed by atoms with E-state index in [-0.39, 0.29) is 24.5 Å². The number of nitrogens with zero attached hydrogens (tertiary/aromatic N) is 1. The third kappa shape index (κ3) is 6.20. The molecule has 1 amide bonds. The molecule has 0 spiro atoms. The van der Waals surface area contributed by atoms with Crippen molar-refractivity contribution in [2.45, 2.75) is 89.3 Å². The van der Waals surface area contributed by atoms with Gasteiger partial charge in [0, 0.05) is 23.7 Å². The molecule has 0 aromatic heterocycles. The molecule has 2 saturated carbocycles. The monoisotopic (exact) mass is 514 g/mol. The Kier molecular flexibility index (Phi) is 8.63. The second kappa shape index (κ2) is 12.3. The van der Waals surface area contributed by atoms with E-state index in [0.29, 0.717) is 23.5 Å². The lowest BCUT2D eigenvalue weighted by Crippen LogP contribution is -2.45. The van der Waals surface area contributed by atoms with Crippen molar-refractivity contribution in [3.05, 3.63) is 71.8 Å². The van der Waals surface area contributed by atoms with Crippen molar-refractivity contribution in [2.75, 3.05) is 6.54 Å². The van der Waals surface area contributed by atoms with Crippen LogP contribution in [0.15, 0.2) is 66.3 Å². The van der Waals surface area contributed by atoms with Gasteiger partial charge in [0.1, 0.15) is 6.54 Å². The van der Waals surface area contributed by atoms with Crippen LogP contribution >= 0.6 is 0 Å². The molecule has 3 aliphatic rings. The number of carboxylic acid groups (broad SMARTS) is 1. The van der Waals surface area contributed by atoms with Crippen LogP contribution in [0.2, 0.25) is 0 Å². The number of hydrogen-bond donors (Lipinski definition) is 2. The molecular weight excluding hydrogens is 472 g/mol. The molecule has 0 aliphatic heterocycles. The van der Waals surface area contributed by atoms with Crippen molar-refractivity contribution in [1.29, 1.82) is 0 Å². The van der Waals surface area contributed by atoms with Gasteiger partial charge in [-0.05, 0) is 73.6 Å². The minimum atomic E-state index is -0.930. The number of amides is 1. The number of benzene rings is 2. The number of carbonyl (C=O) groups excluding carboxylic acids is 1. The molecule has 0 radical (unpaired) electrons. The molecule has 3 aliphatic carbocycles. The maximum absolute atomic E-state index is 13.4. The van der Waals surface area contributed by atoms with Crippen LogP contribution in [0.3, 0.4) is 0 Å². The lowest BCUT2D eigenvalue weighted by molar-refractivity contribution is -0.144. The number of allylic oxidation sites excluding steroid dienone is 2. The van der Waals surface area contributed by atoms with E-state index in [4.69, 9.17) is 0 Å². The van der Waals surface area contributed by atoms with Gasteiger partial charge >= 0.3 is 5.97 Å². The maximum Gasteiger partial charge on any atom is 0.323 e. The number of hydrogen-bond acceptors (Lipinski definition) is 3. The van der Waals surface area contributed by atoms with Gasteiger partial charge in [0.25, 0.3) is 5.91 Å². The Labute approximate surface area is 227 Å². The van der Waals surface area contributed by atoms with Crippen LogP contribution in [0.1, 0.15) is 82.7 Å². The van der Waals surface area contributed by atoms with E-state index in [1.54, 1.807) is 4.90 Å². The van der Waals surface area contributed by atoms with Gasteiger partial charge in [-0.25, -0.2) is 0 Å². The molecule has 5 rings (SSSR count). The Balaban J connectivity index is 1.19. The second-order valence-corrected chi connectivity index (χ2v) is 11.6. The van der Waals surface area contributed by atoms with E-state index >= 15 is 0 Å². The normalized spacial score (nSPS) is 25.1. The van der Waals surface area contributed by atoms with Crippen LogP contribution in [-0.2, 0) is 9.59 Å². The predicted molar refractivity (Wildman–Crippen MR) is 153 cm³/mol. The minimum absolute atomic E-state index is 0.0493. The molecule has 202 valence electrons. The van der Waals surface area contributed by atoms with Crippen LogP contribution in [0.25, 0.3) is 10.8 Å². The Bertz CT molecular complexity index is 1190. The number of rotatable bonds is 8. The zero-order chi connectivity index (χ0) is 26.5. The number of fused-ring (bicyclic) bond motifs is 1. The minimum Gasteiger partial charge on any atom is -0.480 e. The van der Waals surface area contributed by atoms with E-state index in [1.807, 2.05) is 6.08 Å². The fourth-order valence-electron chi connectivity index (χ4n) is 7.06. The van der Waals surface area contributed by atoms with Crippen LogP contribution in [0, 0.1) is 11.8 Å². The lowest BCUT2D eigenvalue weighted by Gasteiger charge is -2.37. The van der Waals surface area contributed by atoms with Gasteiger partial charge in [0.15, 0.2) is 0 Å². The summed E-state index contributed by atoms with van der Waals surface area (Å²) in [6.07, 6.45) is 17.1. The molecule has 4 atom stereocenters. The van der Waals surface area contributed by atoms with Crippen LogP contribution in [0.4, 0.5) is 0 Å². The Morgan fingerprint density at radius 3 is 2.55 bits per heavy atom. The Morgan fingerprint density at radius 2 is 1.79 bits per heavy atom. The molecule has 0 bridgehead atoms. The third-order valence-electron chi connectivity index (χ3n) is 9.06. The second-order valence-electron chi connectivity index (χ2n) is 11.6. The number of carboxylic acids is 1. The van der Waals surface area contributed by atoms with E-state index < -0.39 is 5.97 Å². The first kappa shape index (κ1) is 26.7. The highest BCUT2D eigenvalue weighted by molar-refractivity contribution is 5.98. The summed E-state index contributed by atoms with van der Waals surface area (Å²) in [6.45, 7) is 2.07. The number of carbonyl (C=O) groups is 2. The first-order valence-corrected chi connectivity index (χ1v) is 14.6. The van der Waals surface area contributed by atoms with Crippen molar-refractivity contribution in [3.8, 4) is 0 Å². The zero-order valence-corrected chi connectivity index (χ0v) is 22.6. The van der Waals surface area contributed by atoms with Crippen LogP contribution in [0.5, 0.6) is 0 Å². The number of aliphatic carboxylic acids is 1. The van der Waals surface area contributed by atoms with Crippen molar-refractivity contribution >= 4 is 22.6 Å². The van der Waals surface area contributed by atoms with Gasteiger partial charge in [-0.1, -0.05) is 86.4 Å². The molecule has 5 nitrogen and oxygen atoms in total. The molecule has 2 unspecified atom stereocenters. The highest BCUT2D eigenvalue weighted by atomic mass is 16.4. The van der Waals surface area contributed by atoms with Crippen molar-refractivity contribution < 1.29 is 14.7 Å². The van der Waals surface area contributed by atoms with Crippen molar-refractivity contribution in [2.24, 2.45) is 11.8 Å². The standard InChI is InChI=1S/C33H42N2O3/c1-23(30-16-8-10-25-9-5-6-15-31(25)30)34-28-12-7-11-27(21-28)24-17-19-26(20-18-24)33(38)35(22-32(36)37)29-13-3-2-4-14-29/h5-6,8-10,15-17,19-20,23-24,27-29,34H,2-4,7,11-14,18,21-22H2,1H3,(H,36,37)/t23-,24?,27+,28?/m1/s1. The molecule has 2 fully saturated rings. The summed E-state index contributed by atoms with van der Waals surface area (Å²) in [7, 11) is 0. The first-order chi connectivity index (χ1) is 18.5. The molecule has 2 N–H and O–H groups in total. The highest BCUT2D eigenvalue weighted by Gasteiger charge is 2.32. The van der Waals surface area contributed by atoms with Gasteiger partial charge in [-0.15, -0.1) is 0 Å². The summed E-state index contributed by atoms with van der Waals surface area (Å²) in [5.41, 5.74) is 2.03. The summed E-state index contributed by atoms with van der Waals surface area (Å²) in [5.74, 6) is -0.00744. The van der Waals surface area contributed by atoms with E-state index in [1.165, 1.54) is 42.0 Å². The van der Waals surface area contributed by atoms with E-state index in [2.05, 4.69) is 66.9 Å². The van der Waals surface area contributed by atoms with Crippen molar-refractivity contribution in [3.63, 3.8) is 0 Å². The van der Waals surface area contributed by atoms with E-state index in [0.717, 1.165) is 38.5 Å². The molecule has 2 aromatic rings. The number of nitrogens with one attached hydrogen (secondary N) is 1. The summed E-state index contributed by atoms with van der Waals surface area (Å²) in [5, 5.41) is 16.0. The Morgan fingerprint density at radius 1 is 1.00 bits per heavy atom. The smallest absolute Gasteiger partial charge is 0.323 e. The molecule has 5 heteroatoms. The fourth-order valence-corrected chi connectivity index (χ4v) is 7.06. The maximum atomic E-state index is 13.4. The molecular formula is C33H42N2O3. The topological polar surface area (TPSA) is 69.6 Å². The average Bonchev–Trinajstić information content (AvgIpc) is 2.96. The average molecular weight is 515 g/mol. The van der Waals surface area contributed by atoms with Crippen LogP contribution in [-0.4, -0.2) is 40.5 Å². The predicted octanol–water partition coefficient (Wildman–Crippen LogP) is 6.80. The molecule has 38 heavy (non-hydrogen) atoms. The quantitative estimate of drug-likeness (QED) is 0.407. The first-order valence-electron chi connectivity index (χ1n) is 14.6. The fraction of sp³-hybridized carbons (Fsp3) is 0.515. The molecule has 2 aromatic carbocycles. The van der Waals surface area contributed by atoms with Gasteiger partial charge in [-0.3, -0.25) is 9.59 Å². The van der Waals surface area contributed by atoms with Gasteiger partial charge in [0.05, 0.1) is 0 Å². The van der Waals surface area contributed by atoms with Gasteiger partial charge in [0.2, 0.25) is 0 Å². The SMILES string of the molecule is C[C@@H](NC1CCC[C@H](C2C=CC(C(=O)N(CC(=O)O)C3CCCCC3)=CC2)C1)c1cccc2ccccc12. The van der Waals surface area contributed by atoms with Crippen molar-refractivity contribution in [1.82, 2.24) is 10.2 Å². The summed E-state index contributed by atoms with van der Waals surface area (Å²) >= 11 is 0. The van der Waals surface area contributed by atoms with Crippen LogP contribution < -0.4 is 5.32 Å². The molecule has 0 saturated heterocycles. The van der Waals surface area contributed by atoms with E-state index in [9.17, 15) is 14.7 Å². The summed E-state index contributed by atoms with van der Waals surface area (Å²) in [6, 6.07) is 16.0. The zero-order valence-electron chi connectivity index (χ0n) is 22.6. The summed E-state index contributed by atoms with van der Waals surface area (Å²) in [4.78, 5) is 26.5. The van der Waals surface area contributed by atoms with Gasteiger partial charge in [-0.2, -0.15) is 0 Å². The van der Waals surface area contributed by atoms with Gasteiger partial charge < -0.3 is 15.3 Å². The molecule has 0 heterocycles. The summed E-state index contributed by atoms with van der Waals surface area (Å²) < 4.78 is 0. The lowest BCUT2D eigenvalue weighted by atomic mass is 9.74. The third-order valence-corrected chi connectivity index (χ3v) is 9.06. The highest BCUT2D eigenvalue weighted by Crippen LogP contribution is 2.37. The Hall–Kier alpha value is -2.92. The largest absolute Gasteiger partial charge is 0.480 e.